The first kappa shape index (κ1) is 5.99. The van der Waals surface area contributed by atoms with Crippen LogP contribution in [-0.4, -0.2) is 10.1 Å². The number of rotatable bonds is 0. The topological polar surface area (TPSA) is 17.1 Å². The van der Waals surface area contributed by atoms with Crippen LogP contribution < -0.4 is 0 Å². The molecule has 2 fully saturated rings. The molecule has 2 aliphatic rings. The number of carbonyl (C=O) groups excluding carboxylic acids is 1. The number of hydrogen-bond donors (Lipinski definition) is 0. The van der Waals surface area contributed by atoms with Gasteiger partial charge >= 0.3 is 0 Å². The van der Waals surface area contributed by atoms with E-state index in [2.05, 4.69) is 0 Å². The van der Waals surface area contributed by atoms with E-state index in [1.165, 1.54) is 0 Å². The van der Waals surface area contributed by atoms with E-state index < -0.39 is 4.33 Å². The lowest BCUT2D eigenvalue weighted by Gasteiger charge is -1.99. The Labute approximate surface area is 63.3 Å². The maximum atomic E-state index is 10.7. The van der Waals surface area contributed by atoms with Crippen LogP contribution in [0.15, 0.2) is 0 Å². The van der Waals surface area contributed by atoms with Crippen molar-refractivity contribution in [1.29, 1.82) is 0 Å². The Morgan fingerprint density at radius 2 is 1.78 bits per heavy atom. The van der Waals surface area contributed by atoms with Crippen molar-refractivity contribution in [2.75, 3.05) is 0 Å². The third-order valence-electron chi connectivity index (χ3n) is 2.26. The van der Waals surface area contributed by atoms with Gasteiger partial charge in [-0.15, -0.1) is 23.2 Å². The molecule has 2 saturated carbocycles. The predicted molar refractivity (Wildman–Crippen MR) is 35.7 cm³/mol. The summed E-state index contributed by atoms with van der Waals surface area (Å²) in [5, 5.41) is 0. The summed E-state index contributed by atoms with van der Waals surface area (Å²) < 4.78 is -0.534. The molecule has 0 bridgehead atoms. The maximum absolute atomic E-state index is 10.7. The lowest BCUT2D eigenvalue weighted by molar-refractivity contribution is -0.118. The molecule has 50 valence electrons. The van der Waals surface area contributed by atoms with Crippen molar-refractivity contribution in [3.63, 3.8) is 0 Å². The molecule has 2 rings (SSSR count). The van der Waals surface area contributed by atoms with Crippen molar-refractivity contribution in [3.05, 3.63) is 0 Å². The summed E-state index contributed by atoms with van der Waals surface area (Å²) in [6.07, 6.45) is 1.22. The number of Topliss-reactive ketones (excluding diaryl/α,β-unsaturated/α-hetero) is 1. The van der Waals surface area contributed by atoms with Gasteiger partial charge in [-0.05, 0) is 0 Å². The summed E-state index contributed by atoms with van der Waals surface area (Å²) in [5.74, 6) is 0.892. The third kappa shape index (κ3) is 0.651. The molecular weight excluding hydrogens is 159 g/mol. The number of hydrogen-bond acceptors (Lipinski definition) is 1. The lowest BCUT2D eigenvalue weighted by Crippen LogP contribution is -2.03. The van der Waals surface area contributed by atoms with E-state index in [1.54, 1.807) is 0 Å². The molecule has 0 aromatic heterocycles. The Hall–Kier alpha value is 0.250. The van der Waals surface area contributed by atoms with E-state index in [9.17, 15) is 4.79 Å². The standard InChI is InChI=1S/C6H6Cl2O/c7-6(8)4-1-3(9)2-5(4)6/h4-5H,1-2H2. The van der Waals surface area contributed by atoms with Crippen molar-refractivity contribution >= 4 is 29.0 Å². The third-order valence-corrected chi connectivity index (χ3v) is 3.38. The molecule has 2 aliphatic carbocycles. The highest BCUT2D eigenvalue weighted by Crippen LogP contribution is 2.65. The van der Waals surface area contributed by atoms with E-state index in [1.807, 2.05) is 0 Å². The van der Waals surface area contributed by atoms with Crippen molar-refractivity contribution < 1.29 is 4.79 Å². The normalized spacial score (nSPS) is 44.9. The van der Waals surface area contributed by atoms with Crippen LogP contribution in [0, 0.1) is 11.8 Å². The second-order valence-electron chi connectivity index (χ2n) is 2.83. The summed E-state index contributed by atoms with van der Waals surface area (Å²) in [6, 6.07) is 0. The minimum Gasteiger partial charge on any atom is -0.300 e. The van der Waals surface area contributed by atoms with Crippen LogP contribution in [0.2, 0.25) is 0 Å². The minimum absolute atomic E-state index is 0.285. The first-order chi connectivity index (χ1) is 4.12. The number of halogens is 2. The van der Waals surface area contributed by atoms with Gasteiger partial charge in [0, 0.05) is 24.7 Å². The molecule has 0 heterocycles. The molecule has 2 atom stereocenters. The molecule has 0 radical (unpaired) electrons. The van der Waals surface area contributed by atoms with Crippen LogP contribution >= 0.6 is 23.2 Å². The number of fused-ring (bicyclic) bond motifs is 1. The second kappa shape index (κ2) is 1.46. The molecule has 3 heteroatoms. The summed E-state index contributed by atoms with van der Waals surface area (Å²) in [6.45, 7) is 0. The Morgan fingerprint density at radius 1 is 1.33 bits per heavy atom. The highest BCUT2D eigenvalue weighted by molar-refractivity contribution is 6.51. The van der Waals surface area contributed by atoms with Crippen LogP contribution in [-0.2, 0) is 4.79 Å². The van der Waals surface area contributed by atoms with Gasteiger partial charge in [-0.2, -0.15) is 0 Å². The van der Waals surface area contributed by atoms with Crippen LogP contribution in [0.25, 0.3) is 0 Å². The molecule has 0 spiro atoms. The fourth-order valence-corrected chi connectivity index (χ4v) is 2.38. The van der Waals surface area contributed by atoms with Crippen LogP contribution in [0.5, 0.6) is 0 Å². The van der Waals surface area contributed by atoms with E-state index in [-0.39, 0.29) is 11.8 Å². The van der Waals surface area contributed by atoms with Crippen LogP contribution in [0.4, 0.5) is 0 Å². The largest absolute Gasteiger partial charge is 0.300 e. The quantitative estimate of drug-likeness (QED) is 0.500. The Balaban J connectivity index is 2.14. The molecule has 1 nitrogen and oxygen atoms in total. The zero-order valence-electron chi connectivity index (χ0n) is 4.73. The van der Waals surface area contributed by atoms with Gasteiger partial charge in [-0.25, -0.2) is 0 Å². The highest BCUT2D eigenvalue weighted by Gasteiger charge is 2.67. The van der Waals surface area contributed by atoms with E-state index in [4.69, 9.17) is 23.2 Å². The summed E-state index contributed by atoms with van der Waals surface area (Å²) in [4.78, 5) is 10.7. The molecule has 0 N–H and O–H groups in total. The zero-order valence-corrected chi connectivity index (χ0v) is 6.24. The van der Waals surface area contributed by atoms with E-state index >= 15 is 0 Å². The van der Waals surface area contributed by atoms with Crippen molar-refractivity contribution in [3.8, 4) is 0 Å². The Morgan fingerprint density at radius 3 is 2.11 bits per heavy atom. The van der Waals surface area contributed by atoms with Gasteiger partial charge in [0.25, 0.3) is 0 Å². The number of alkyl halides is 2. The Kier molecular flexibility index (Phi) is 0.970. The van der Waals surface area contributed by atoms with Crippen LogP contribution in [0.3, 0.4) is 0 Å². The maximum Gasteiger partial charge on any atom is 0.133 e. The SMILES string of the molecule is O=C1CC2C(C1)C2(Cl)Cl. The minimum atomic E-state index is -0.534. The van der Waals surface area contributed by atoms with Gasteiger partial charge in [0.05, 0.1) is 0 Å². The molecule has 9 heavy (non-hydrogen) atoms. The number of carbonyl (C=O) groups is 1. The predicted octanol–water partition coefficient (Wildman–Crippen LogP) is 1.77. The van der Waals surface area contributed by atoms with Gasteiger partial charge < -0.3 is 0 Å². The fourth-order valence-electron chi connectivity index (χ4n) is 1.59. The van der Waals surface area contributed by atoms with Crippen molar-refractivity contribution in [2.45, 2.75) is 17.2 Å². The van der Waals surface area contributed by atoms with Crippen LogP contribution in [0.1, 0.15) is 12.8 Å². The first-order valence-corrected chi connectivity index (χ1v) is 3.77. The monoisotopic (exact) mass is 164 g/mol. The lowest BCUT2D eigenvalue weighted by atomic mass is 10.2. The van der Waals surface area contributed by atoms with Crippen molar-refractivity contribution in [1.82, 2.24) is 0 Å². The molecule has 2 unspecified atom stereocenters. The highest BCUT2D eigenvalue weighted by atomic mass is 35.5. The summed E-state index contributed by atoms with van der Waals surface area (Å²) in [7, 11) is 0. The molecule has 0 aliphatic heterocycles. The molecule has 0 amide bonds. The van der Waals surface area contributed by atoms with E-state index in [0.717, 1.165) is 0 Å². The zero-order chi connectivity index (χ0) is 6.65. The Bertz CT molecular complexity index is 160. The average Bonchev–Trinajstić information content (AvgIpc) is 2.27. The van der Waals surface area contributed by atoms with Gasteiger partial charge in [0.1, 0.15) is 10.1 Å². The van der Waals surface area contributed by atoms with Gasteiger partial charge in [0.2, 0.25) is 0 Å². The van der Waals surface area contributed by atoms with E-state index in [0.29, 0.717) is 18.6 Å². The number of ketones is 1. The summed E-state index contributed by atoms with van der Waals surface area (Å²) >= 11 is 11.6. The second-order valence-corrected chi connectivity index (χ2v) is 4.28. The van der Waals surface area contributed by atoms with Gasteiger partial charge in [-0.3, -0.25) is 4.79 Å². The summed E-state index contributed by atoms with van der Waals surface area (Å²) in [5.41, 5.74) is 0. The van der Waals surface area contributed by atoms with Gasteiger partial charge in [0.15, 0.2) is 0 Å². The molecule has 0 saturated heterocycles. The molecule has 0 aromatic rings. The smallest absolute Gasteiger partial charge is 0.133 e. The van der Waals surface area contributed by atoms with Crippen molar-refractivity contribution in [2.24, 2.45) is 11.8 Å². The average molecular weight is 165 g/mol. The van der Waals surface area contributed by atoms with Gasteiger partial charge in [-0.1, -0.05) is 0 Å². The molecular formula is C6H6Cl2O. The fraction of sp³-hybridized carbons (Fsp3) is 0.833. The molecule has 0 aromatic carbocycles. The first-order valence-electron chi connectivity index (χ1n) is 3.02.